The Morgan fingerprint density at radius 1 is 0.698 bits per heavy atom. The van der Waals surface area contributed by atoms with Crippen LogP contribution in [0.1, 0.15) is 241 Å². The van der Waals surface area contributed by atoms with Crippen LogP contribution < -0.4 is 0 Å². The molecule has 0 heterocycles. The normalized spacial score (nSPS) is 25.5. The number of hydrogen-bond acceptors (Lipinski definition) is 4. The Balaban J connectivity index is 1.19. The first-order valence-electron chi connectivity index (χ1n) is 28.0. The summed E-state index contributed by atoms with van der Waals surface area (Å²) in [5, 5.41) is 0. The summed E-state index contributed by atoms with van der Waals surface area (Å²) in [4.78, 5) is 2.23. The molecule has 0 aliphatic heterocycles. The zero-order chi connectivity index (χ0) is 45.6. The Hall–Kier alpha value is -0.940. The third-order valence-corrected chi connectivity index (χ3v) is 16.2. The van der Waals surface area contributed by atoms with Gasteiger partial charge < -0.3 is 19.1 Å². The SMILES string of the molecule is CCCCCC=CCC=CCCCCCCCCOCC(CN(C)C)OCCCCCCCCOC1CCC2(C)C(=CCC3CC(C)(C(CCC)C(C)CCCC(C)C)CCC32)C1. The van der Waals surface area contributed by atoms with Crippen LogP contribution in [-0.4, -0.2) is 64.2 Å². The Morgan fingerprint density at radius 3 is 2.02 bits per heavy atom. The van der Waals surface area contributed by atoms with Crippen LogP contribution in [0, 0.1) is 40.4 Å². The average Bonchev–Trinajstić information content (AvgIpc) is 3.25. The topological polar surface area (TPSA) is 30.9 Å². The molecular weight excluding hydrogens is 771 g/mol. The van der Waals surface area contributed by atoms with Crippen molar-refractivity contribution in [3.05, 3.63) is 36.0 Å². The number of nitrogens with zero attached hydrogens (tertiary/aromatic N) is 1. The molecule has 0 aromatic heterocycles. The summed E-state index contributed by atoms with van der Waals surface area (Å²) in [5.74, 6) is 4.37. The van der Waals surface area contributed by atoms with E-state index in [0.29, 0.717) is 23.5 Å². The van der Waals surface area contributed by atoms with E-state index in [9.17, 15) is 0 Å². The summed E-state index contributed by atoms with van der Waals surface area (Å²) in [6, 6.07) is 0. The predicted octanol–water partition coefficient (Wildman–Crippen LogP) is 17.3. The molecule has 3 aliphatic rings. The van der Waals surface area contributed by atoms with Crippen LogP contribution >= 0.6 is 0 Å². The standard InChI is InChI=1S/C59H109NO3/c1-10-12-13-14-15-16-17-18-19-20-21-22-23-24-27-30-43-61-49-55(48-60(8)9)63-45-32-29-26-25-28-31-44-62-54-39-42-59(7)53(46-54)38-37-52-47-58(6,41-40-57(52)59)56(34-11-2)51(5)36-33-35-50(3)4/h15-16,18-19,38,50-52,54-57H,10-14,17,20-37,39-49H2,1-9H3. The number of likely N-dealkylation sites (N-methyl/N-ethyl adjacent to an activating group) is 1. The van der Waals surface area contributed by atoms with Crippen molar-refractivity contribution < 1.29 is 14.2 Å². The van der Waals surface area contributed by atoms with E-state index >= 15 is 0 Å². The highest BCUT2D eigenvalue weighted by Crippen LogP contribution is 2.61. The van der Waals surface area contributed by atoms with Gasteiger partial charge in [0, 0.05) is 26.4 Å². The fourth-order valence-corrected chi connectivity index (χ4v) is 12.4. The fraction of sp³-hybridized carbons (Fsp3) is 0.898. The van der Waals surface area contributed by atoms with Crippen molar-refractivity contribution in [3.63, 3.8) is 0 Å². The summed E-state index contributed by atoms with van der Waals surface area (Å²) < 4.78 is 19.0. The molecule has 4 nitrogen and oxygen atoms in total. The zero-order valence-electron chi connectivity index (χ0n) is 43.8. The van der Waals surface area contributed by atoms with Crippen molar-refractivity contribution in [1.29, 1.82) is 0 Å². The van der Waals surface area contributed by atoms with Gasteiger partial charge in [-0.3, -0.25) is 0 Å². The molecule has 3 aliphatic carbocycles. The monoisotopic (exact) mass is 880 g/mol. The molecule has 63 heavy (non-hydrogen) atoms. The van der Waals surface area contributed by atoms with Crippen LogP contribution in [0.4, 0.5) is 0 Å². The second kappa shape index (κ2) is 33.5. The van der Waals surface area contributed by atoms with Gasteiger partial charge in [-0.05, 0) is 157 Å². The highest BCUT2D eigenvalue weighted by Gasteiger charge is 2.52. The summed E-state index contributed by atoms with van der Waals surface area (Å²) in [6.07, 6.45) is 52.1. The molecular formula is C59H109NO3. The third-order valence-electron chi connectivity index (χ3n) is 16.2. The summed E-state index contributed by atoms with van der Waals surface area (Å²) in [6.45, 7) is 21.8. The van der Waals surface area contributed by atoms with Crippen LogP contribution in [0.15, 0.2) is 36.0 Å². The molecule has 3 rings (SSSR count). The molecule has 0 bridgehead atoms. The van der Waals surface area contributed by atoms with E-state index in [4.69, 9.17) is 14.2 Å². The summed E-state index contributed by atoms with van der Waals surface area (Å²) in [7, 11) is 4.28. The summed E-state index contributed by atoms with van der Waals surface area (Å²) >= 11 is 0. The van der Waals surface area contributed by atoms with E-state index in [1.165, 1.54) is 180 Å². The van der Waals surface area contributed by atoms with E-state index < -0.39 is 0 Å². The third kappa shape index (κ3) is 22.6. The molecule has 2 saturated carbocycles. The van der Waals surface area contributed by atoms with Gasteiger partial charge in [0.2, 0.25) is 0 Å². The smallest absolute Gasteiger partial charge is 0.0934 e. The summed E-state index contributed by atoms with van der Waals surface area (Å²) in [5.41, 5.74) is 2.71. The lowest BCUT2D eigenvalue weighted by atomic mass is 9.48. The van der Waals surface area contributed by atoms with Gasteiger partial charge in [0.1, 0.15) is 0 Å². The molecule has 8 atom stereocenters. The molecule has 8 unspecified atom stereocenters. The number of fused-ring (bicyclic) bond motifs is 3. The molecule has 0 aromatic carbocycles. The number of ether oxygens (including phenoxy) is 3. The van der Waals surface area contributed by atoms with Gasteiger partial charge in [-0.1, -0.05) is 174 Å². The maximum absolute atomic E-state index is 6.60. The van der Waals surface area contributed by atoms with Crippen LogP contribution in [0.25, 0.3) is 0 Å². The molecule has 0 radical (unpaired) electrons. The van der Waals surface area contributed by atoms with Gasteiger partial charge >= 0.3 is 0 Å². The number of allylic oxidation sites excluding steroid dienone is 5. The largest absolute Gasteiger partial charge is 0.379 e. The lowest BCUT2D eigenvalue weighted by molar-refractivity contribution is -0.0470. The minimum Gasteiger partial charge on any atom is -0.379 e. The van der Waals surface area contributed by atoms with Crippen molar-refractivity contribution in [1.82, 2.24) is 4.90 Å². The first-order chi connectivity index (χ1) is 30.5. The van der Waals surface area contributed by atoms with Gasteiger partial charge in [-0.25, -0.2) is 0 Å². The van der Waals surface area contributed by atoms with E-state index in [1.54, 1.807) is 5.57 Å². The maximum Gasteiger partial charge on any atom is 0.0934 e. The molecule has 4 heteroatoms. The molecule has 2 fully saturated rings. The Morgan fingerprint density at radius 2 is 1.35 bits per heavy atom. The van der Waals surface area contributed by atoms with Crippen molar-refractivity contribution in [2.45, 2.75) is 253 Å². The van der Waals surface area contributed by atoms with Crippen molar-refractivity contribution in [3.8, 4) is 0 Å². The molecule has 0 N–H and O–H groups in total. The number of rotatable bonds is 38. The Kier molecular flexibility index (Phi) is 30.0. The second-order valence-electron chi connectivity index (χ2n) is 22.6. The molecule has 0 spiro atoms. The van der Waals surface area contributed by atoms with Crippen LogP contribution in [0.3, 0.4) is 0 Å². The number of hydrogen-bond donors (Lipinski definition) is 0. The highest BCUT2D eigenvalue weighted by molar-refractivity contribution is 5.24. The van der Waals surface area contributed by atoms with E-state index in [0.717, 1.165) is 68.8 Å². The molecule has 0 saturated heterocycles. The second-order valence-corrected chi connectivity index (χ2v) is 22.6. The Bertz CT molecular complexity index is 1210. The number of unbranched alkanes of at least 4 members (excludes halogenated alkanes) is 14. The highest BCUT2D eigenvalue weighted by atomic mass is 16.5. The molecule has 0 amide bonds. The van der Waals surface area contributed by atoms with E-state index in [-0.39, 0.29) is 6.10 Å². The van der Waals surface area contributed by atoms with Crippen LogP contribution in [-0.2, 0) is 14.2 Å². The van der Waals surface area contributed by atoms with Gasteiger partial charge in [-0.2, -0.15) is 0 Å². The van der Waals surface area contributed by atoms with Crippen molar-refractivity contribution in [2.75, 3.05) is 47.1 Å². The van der Waals surface area contributed by atoms with Gasteiger partial charge in [0.05, 0.1) is 18.8 Å². The lowest BCUT2D eigenvalue weighted by Gasteiger charge is -2.57. The first kappa shape index (κ1) is 56.4. The van der Waals surface area contributed by atoms with Crippen LogP contribution in [0.2, 0.25) is 0 Å². The van der Waals surface area contributed by atoms with Crippen molar-refractivity contribution >= 4 is 0 Å². The van der Waals surface area contributed by atoms with Crippen LogP contribution in [0.5, 0.6) is 0 Å². The minimum absolute atomic E-state index is 0.171. The fourth-order valence-electron chi connectivity index (χ4n) is 12.4. The molecule has 0 aromatic rings. The van der Waals surface area contributed by atoms with E-state index in [2.05, 4.69) is 97.8 Å². The predicted molar refractivity (Wildman–Crippen MR) is 276 cm³/mol. The van der Waals surface area contributed by atoms with Gasteiger partial charge in [0.15, 0.2) is 0 Å². The van der Waals surface area contributed by atoms with E-state index in [1.807, 2.05) is 0 Å². The Labute approximate surface area is 394 Å². The minimum atomic E-state index is 0.171. The average molecular weight is 881 g/mol. The van der Waals surface area contributed by atoms with Gasteiger partial charge in [0.25, 0.3) is 0 Å². The van der Waals surface area contributed by atoms with Crippen molar-refractivity contribution in [2.24, 2.45) is 40.4 Å². The lowest BCUT2D eigenvalue weighted by Crippen LogP contribution is -2.48. The zero-order valence-corrected chi connectivity index (χ0v) is 43.8. The molecule has 368 valence electrons. The maximum atomic E-state index is 6.60. The quantitative estimate of drug-likeness (QED) is 0.0457. The van der Waals surface area contributed by atoms with Gasteiger partial charge in [-0.15, -0.1) is 0 Å². The first-order valence-corrected chi connectivity index (χ1v) is 28.0.